The molecule has 2 rings (SSSR count). The van der Waals surface area contributed by atoms with Crippen LogP contribution in [0.2, 0.25) is 0 Å². The van der Waals surface area contributed by atoms with Crippen molar-refractivity contribution in [3.63, 3.8) is 0 Å². The van der Waals surface area contributed by atoms with Crippen LogP contribution in [-0.4, -0.2) is 8.94 Å². The van der Waals surface area contributed by atoms with Crippen LogP contribution in [0.15, 0.2) is 18.2 Å². The molecule has 0 saturated carbocycles. The quantitative estimate of drug-likeness (QED) is 0.544. The average Bonchev–Trinajstić information content (AvgIpc) is 2.51. The maximum atomic E-state index is 2.40. The number of benzene rings is 1. The number of halogens is 1. The Morgan fingerprint density at radius 3 is 2.92 bits per heavy atom. The van der Waals surface area contributed by atoms with E-state index in [-0.39, 0.29) is 0 Å². The van der Waals surface area contributed by atoms with Crippen LogP contribution in [0.4, 0.5) is 0 Å². The van der Waals surface area contributed by atoms with Crippen LogP contribution in [-0.2, 0) is 12.8 Å². The molecule has 0 nitrogen and oxygen atoms in total. The van der Waals surface area contributed by atoms with Gasteiger partial charge in [-0.15, -0.1) is 20.7 Å². The van der Waals surface area contributed by atoms with Crippen molar-refractivity contribution in [3.05, 3.63) is 34.9 Å². The third kappa shape index (κ3) is 1.60. The van der Waals surface area contributed by atoms with Gasteiger partial charge >= 0.3 is 0 Å². The van der Waals surface area contributed by atoms with Gasteiger partial charge in [0.15, 0.2) is 0 Å². The summed E-state index contributed by atoms with van der Waals surface area (Å²) in [7, 11) is 0. The molecule has 0 fully saturated rings. The highest BCUT2D eigenvalue weighted by atomic mass is 127. The SMILES string of the molecule is CI=Cc1ccc2c(c1)CCC2. The summed E-state index contributed by atoms with van der Waals surface area (Å²) in [5.41, 5.74) is 4.63. The molecule has 0 spiro atoms. The zero-order valence-corrected chi connectivity index (χ0v) is 9.47. The van der Waals surface area contributed by atoms with Crippen LogP contribution in [0.3, 0.4) is 0 Å². The fourth-order valence-corrected chi connectivity index (χ4v) is 2.89. The summed E-state index contributed by atoms with van der Waals surface area (Å²) >= 11 is 0.296. The summed E-state index contributed by atoms with van der Waals surface area (Å²) in [5, 5.41) is 0. The number of rotatable bonds is 1. The summed E-state index contributed by atoms with van der Waals surface area (Å²) in [6.45, 7) is 0. The molecule has 0 aromatic heterocycles. The molecule has 0 atom stereocenters. The molecule has 1 aliphatic carbocycles. The second-order valence-electron chi connectivity index (χ2n) is 3.21. The fourth-order valence-electron chi connectivity index (χ4n) is 1.79. The summed E-state index contributed by atoms with van der Waals surface area (Å²) in [4.78, 5) is 2.30. The summed E-state index contributed by atoms with van der Waals surface area (Å²) in [6, 6.07) is 6.96. The topological polar surface area (TPSA) is 0 Å². The van der Waals surface area contributed by atoms with E-state index in [1.54, 1.807) is 11.1 Å². The van der Waals surface area contributed by atoms with Crippen molar-refractivity contribution in [3.8, 4) is 0 Å². The number of aryl methyl sites for hydroxylation is 2. The normalized spacial score (nSPS) is 16.1. The number of hydrogen-bond acceptors (Lipinski definition) is 0. The predicted molar refractivity (Wildman–Crippen MR) is 63.6 cm³/mol. The second kappa shape index (κ2) is 3.69. The third-order valence-corrected chi connectivity index (χ3v) is 3.70. The van der Waals surface area contributed by atoms with Gasteiger partial charge < -0.3 is 0 Å². The lowest BCUT2D eigenvalue weighted by Gasteiger charge is -1.99. The Bertz CT molecular complexity index is 313. The molecule has 0 bridgehead atoms. The number of fused-ring (bicyclic) bond motifs is 1. The molecule has 64 valence electrons. The van der Waals surface area contributed by atoms with Crippen LogP contribution in [0, 0.1) is 0 Å². The Morgan fingerprint density at radius 2 is 2.08 bits per heavy atom. The first kappa shape index (κ1) is 8.42. The summed E-state index contributed by atoms with van der Waals surface area (Å²) in [6.07, 6.45) is 3.97. The largest absolute Gasteiger partial charge is 0.126 e. The average molecular weight is 272 g/mol. The standard InChI is InChI=1S/C11H13I/c1-12-8-9-5-6-10-3-2-4-11(10)7-9/h5-8H,2-4H2,1H3. The zero-order valence-electron chi connectivity index (χ0n) is 7.31. The first-order valence-corrected chi connectivity index (χ1v) is 7.73. The molecular weight excluding hydrogens is 259 g/mol. The van der Waals surface area contributed by atoms with Gasteiger partial charge in [0.1, 0.15) is 0 Å². The Balaban J connectivity index is 2.38. The lowest BCUT2D eigenvalue weighted by molar-refractivity contribution is 0.912. The van der Waals surface area contributed by atoms with Crippen molar-refractivity contribution in [2.24, 2.45) is 0 Å². The van der Waals surface area contributed by atoms with E-state index in [9.17, 15) is 0 Å². The number of alkyl halides is 1. The molecule has 1 heteroatoms. The van der Waals surface area contributed by atoms with Gasteiger partial charge in [0.05, 0.1) is 0 Å². The van der Waals surface area contributed by atoms with Gasteiger partial charge in [-0.2, -0.15) is 0 Å². The van der Waals surface area contributed by atoms with Crippen molar-refractivity contribution in [2.45, 2.75) is 19.3 Å². The maximum absolute atomic E-state index is 2.40. The molecule has 0 N–H and O–H groups in total. The van der Waals surface area contributed by atoms with Crippen LogP contribution >= 0.6 is 20.7 Å². The highest BCUT2D eigenvalue weighted by Gasteiger charge is 2.09. The lowest BCUT2D eigenvalue weighted by Crippen LogP contribution is -1.85. The highest BCUT2D eigenvalue weighted by molar-refractivity contribution is 14.2. The van der Waals surface area contributed by atoms with Crippen LogP contribution < -0.4 is 0 Å². The lowest BCUT2D eigenvalue weighted by atomic mass is 10.1. The minimum Gasteiger partial charge on any atom is -0.126 e. The van der Waals surface area contributed by atoms with Crippen LogP contribution in [0.5, 0.6) is 0 Å². The van der Waals surface area contributed by atoms with E-state index in [1.165, 1.54) is 24.8 Å². The minimum atomic E-state index is 0.296. The van der Waals surface area contributed by atoms with E-state index >= 15 is 0 Å². The van der Waals surface area contributed by atoms with Crippen molar-refractivity contribution >= 4 is 24.7 Å². The molecule has 0 aliphatic heterocycles. The molecule has 1 aromatic carbocycles. The fraction of sp³-hybridized carbons (Fsp3) is 0.364. The predicted octanol–water partition coefficient (Wildman–Crippen LogP) is 2.93. The molecule has 0 amide bonds. The molecular formula is C11H13I. The minimum absolute atomic E-state index is 0.296. The molecule has 1 aliphatic rings. The molecule has 0 radical (unpaired) electrons. The van der Waals surface area contributed by atoms with E-state index in [0.29, 0.717) is 20.7 Å². The van der Waals surface area contributed by atoms with E-state index in [0.717, 1.165) is 0 Å². The molecule has 0 saturated heterocycles. The van der Waals surface area contributed by atoms with Crippen molar-refractivity contribution in [1.29, 1.82) is 0 Å². The van der Waals surface area contributed by atoms with Gasteiger partial charge in [-0.25, -0.2) is 0 Å². The third-order valence-electron chi connectivity index (χ3n) is 2.36. The molecule has 0 unspecified atom stereocenters. The van der Waals surface area contributed by atoms with Gasteiger partial charge in [0.25, 0.3) is 0 Å². The van der Waals surface area contributed by atoms with E-state index in [1.807, 2.05) is 0 Å². The van der Waals surface area contributed by atoms with Crippen LogP contribution in [0.1, 0.15) is 23.1 Å². The monoisotopic (exact) mass is 272 g/mol. The summed E-state index contributed by atoms with van der Waals surface area (Å²) in [5.74, 6) is 0. The van der Waals surface area contributed by atoms with Gasteiger partial charge in [-0.1, -0.05) is 18.2 Å². The van der Waals surface area contributed by atoms with E-state index in [4.69, 9.17) is 0 Å². The van der Waals surface area contributed by atoms with E-state index < -0.39 is 0 Å². The maximum Gasteiger partial charge on any atom is -0.0169 e. The van der Waals surface area contributed by atoms with Crippen LogP contribution in [0.25, 0.3) is 0 Å². The van der Waals surface area contributed by atoms with Crippen molar-refractivity contribution in [2.75, 3.05) is 4.93 Å². The Labute approximate surface area is 83.7 Å². The van der Waals surface area contributed by atoms with Gasteiger partial charge in [0.2, 0.25) is 0 Å². The second-order valence-corrected chi connectivity index (χ2v) is 5.08. The smallest absolute Gasteiger partial charge is 0.0169 e. The zero-order chi connectivity index (χ0) is 8.39. The first-order valence-electron chi connectivity index (χ1n) is 4.33. The Morgan fingerprint density at radius 1 is 1.25 bits per heavy atom. The molecule has 12 heavy (non-hydrogen) atoms. The summed E-state index contributed by atoms with van der Waals surface area (Å²) < 4.78 is 2.40. The van der Waals surface area contributed by atoms with E-state index in [2.05, 4.69) is 27.1 Å². The molecule has 0 heterocycles. The number of hydrogen-bond donors (Lipinski definition) is 0. The Kier molecular flexibility index (Phi) is 2.59. The first-order chi connectivity index (χ1) is 5.90. The Hall–Kier alpha value is -0.180. The van der Waals surface area contributed by atoms with Gasteiger partial charge in [-0.05, 0) is 44.9 Å². The van der Waals surface area contributed by atoms with Gasteiger partial charge in [0, 0.05) is 0 Å². The molecule has 1 aromatic rings. The highest BCUT2D eigenvalue weighted by Crippen LogP contribution is 2.22. The van der Waals surface area contributed by atoms with Crippen molar-refractivity contribution in [1.82, 2.24) is 0 Å². The van der Waals surface area contributed by atoms with Crippen molar-refractivity contribution < 1.29 is 0 Å². The van der Waals surface area contributed by atoms with Gasteiger partial charge in [-0.3, -0.25) is 0 Å².